The Morgan fingerprint density at radius 2 is 1.92 bits per heavy atom. The molecule has 1 heterocycles. The average molecular weight is 340 g/mol. The van der Waals surface area contributed by atoms with Crippen molar-refractivity contribution in [2.45, 2.75) is 38.8 Å². The molecule has 1 aromatic heterocycles. The molecule has 5 nitrogen and oxygen atoms in total. The molecule has 2 aromatic rings. The molecule has 1 aliphatic rings. The monoisotopic (exact) mass is 340 g/mol. The Bertz CT molecular complexity index is 732. The van der Waals surface area contributed by atoms with E-state index in [0.717, 1.165) is 16.7 Å². The molecule has 1 amide bonds. The van der Waals surface area contributed by atoms with E-state index < -0.39 is 0 Å². The fraction of sp³-hybridized carbons (Fsp3) is 0.400. The van der Waals surface area contributed by atoms with Crippen LogP contribution in [0.15, 0.2) is 36.5 Å². The smallest absolute Gasteiger partial charge is 0.251 e. The van der Waals surface area contributed by atoms with Crippen molar-refractivity contribution in [3.05, 3.63) is 58.8 Å². The number of amides is 1. The Morgan fingerprint density at radius 1 is 1.24 bits per heavy atom. The highest BCUT2D eigenvalue weighted by Crippen LogP contribution is 2.38. The van der Waals surface area contributed by atoms with Crippen LogP contribution in [0.25, 0.3) is 0 Å². The fourth-order valence-corrected chi connectivity index (χ4v) is 3.40. The number of carbonyl (C=O) groups excluding carboxylic acids is 1. The molecule has 2 N–H and O–H groups in total. The number of benzene rings is 1. The van der Waals surface area contributed by atoms with E-state index in [1.54, 1.807) is 19.4 Å². The molecule has 0 unspecified atom stereocenters. The average Bonchev–Trinajstić information content (AvgIpc) is 2.56. The van der Waals surface area contributed by atoms with Crippen molar-refractivity contribution < 1.29 is 14.6 Å². The summed E-state index contributed by atoms with van der Waals surface area (Å²) in [6.07, 6.45) is 2.82. The molecule has 1 aromatic carbocycles. The van der Waals surface area contributed by atoms with Crippen LogP contribution in [0, 0.1) is 19.8 Å². The fourth-order valence-electron chi connectivity index (χ4n) is 3.40. The minimum Gasteiger partial charge on any atom is -0.481 e. The molecule has 1 saturated carbocycles. The van der Waals surface area contributed by atoms with Gasteiger partial charge in [-0.05, 0) is 50.3 Å². The first-order valence-corrected chi connectivity index (χ1v) is 8.53. The number of carbonyl (C=O) groups is 1. The zero-order valence-corrected chi connectivity index (χ0v) is 14.8. The molecule has 5 heteroatoms. The summed E-state index contributed by atoms with van der Waals surface area (Å²) >= 11 is 0. The number of aryl methyl sites for hydroxylation is 2. The molecule has 25 heavy (non-hydrogen) atoms. The molecular formula is C20H24N2O3. The number of hydrogen-bond donors (Lipinski definition) is 2. The molecule has 1 fully saturated rings. The van der Waals surface area contributed by atoms with Gasteiger partial charge in [0.2, 0.25) is 5.88 Å². The predicted molar refractivity (Wildman–Crippen MR) is 95.6 cm³/mol. The second kappa shape index (κ2) is 7.23. The summed E-state index contributed by atoms with van der Waals surface area (Å²) in [5.74, 6) is 0.644. The number of rotatable bonds is 5. The number of nitrogens with zero attached hydrogens (tertiary/aromatic N) is 1. The third-order valence-electron chi connectivity index (χ3n) is 4.72. The number of aliphatic hydroxyl groups excluding tert-OH is 1. The van der Waals surface area contributed by atoms with Crippen molar-refractivity contribution in [1.82, 2.24) is 10.3 Å². The van der Waals surface area contributed by atoms with Gasteiger partial charge in [0.25, 0.3) is 5.91 Å². The van der Waals surface area contributed by atoms with Gasteiger partial charge in [-0.3, -0.25) is 4.79 Å². The van der Waals surface area contributed by atoms with E-state index in [4.69, 9.17) is 4.74 Å². The van der Waals surface area contributed by atoms with E-state index in [-0.39, 0.29) is 24.0 Å². The van der Waals surface area contributed by atoms with Gasteiger partial charge in [-0.15, -0.1) is 0 Å². The first-order chi connectivity index (χ1) is 12.0. The van der Waals surface area contributed by atoms with E-state index in [0.29, 0.717) is 24.3 Å². The Balaban J connectivity index is 1.82. The summed E-state index contributed by atoms with van der Waals surface area (Å²) < 4.78 is 5.11. The highest BCUT2D eigenvalue weighted by atomic mass is 16.5. The topological polar surface area (TPSA) is 71.5 Å². The first kappa shape index (κ1) is 17.4. The van der Waals surface area contributed by atoms with Crippen LogP contribution in [-0.2, 0) is 0 Å². The zero-order valence-electron chi connectivity index (χ0n) is 14.8. The molecule has 3 rings (SSSR count). The van der Waals surface area contributed by atoms with E-state index in [2.05, 4.69) is 10.3 Å². The highest BCUT2D eigenvalue weighted by Gasteiger charge is 2.36. The number of nitrogens with one attached hydrogen (secondary N) is 1. The third kappa shape index (κ3) is 3.99. The van der Waals surface area contributed by atoms with Gasteiger partial charge in [0.15, 0.2) is 0 Å². The molecule has 0 spiro atoms. The van der Waals surface area contributed by atoms with Gasteiger partial charge in [0.1, 0.15) is 0 Å². The molecule has 1 aliphatic carbocycles. The highest BCUT2D eigenvalue weighted by molar-refractivity contribution is 5.94. The van der Waals surface area contributed by atoms with Gasteiger partial charge in [0.05, 0.1) is 19.3 Å². The zero-order chi connectivity index (χ0) is 18.0. The predicted octanol–water partition coefficient (Wildman–Crippen LogP) is 2.95. The van der Waals surface area contributed by atoms with Crippen molar-refractivity contribution in [2.24, 2.45) is 5.92 Å². The van der Waals surface area contributed by atoms with Gasteiger partial charge in [0, 0.05) is 17.8 Å². The summed E-state index contributed by atoms with van der Waals surface area (Å²) in [4.78, 5) is 17.0. The maximum Gasteiger partial charge on any atom is 0.251 e. The second-order valence-corrected chi connectivity index (χ2v) is 6.85. The summed E-state index contributed by atoms with van der Waals surface area (Å²) in [6.45, 7) is 3.97. The van der Waals surface area contributed by atoms with Crippen LogP contribution >= 0.6 is 0 Å². The second-order valence-electron chi connectivity index (χ2n) is 6.85. The Kier molecular flexibility index (Phi) is 5.04. The lowest BCUT2D eigenvalue weighted by atomic mass is 9.75. The molecule has 0 radical (unpaired) electrons. The largest absolute Gasteiger partial charge is 0.481 e. The van der Waals surface area contributed by atoms with Crippen LogP contribution in [0.5, 0.6) is 5.88 Å². The SMILES string of the molecule is COc1ccc([C@H](NC(=O)c2cc(C)cc(C)c2)C2CC(O)C2)cn1. The number of ether oxygens (including phenoxy) is 1. The Hall–Kier alpha value is -2.40. The summed E-state index contributed by atoms with van der Waals surface area (Å²) in [6, 6.07) is 9.37. The van der Waals surface area contributed by atoms with Crippen molar-refractivity contribution >= 4 is 5.91 Å². The van der Waals surface area contributed by atoms with Gasteiger partial charge >= 0.3 is 0 Å². The van der Waals surface area contributed by atoms with Crippen LogP contribution in [0.3, 0.4) is 0 Å². The van der Waals surface area contributed by atoms with Crippen molar-refractivity contribution in [3.63, 3.8) is 0 Å². The van der Waals surface area contributed by atoms with Crippen LogP contribution in [0.2, 0.25) is 0 Å². The number of pyridine rings is 1. The lowest BCUT2D eigenvalue weighted by molar-refractivity contribution is 0.0234. The lowest BCUT2D eigenvalue weighted by Crippen LogP contribution is -2.41. The van der Waals surface area contributed by atoms with Crippen molar-refractivity contribution in [2.75, 3.05) is 7.11 Å². The summed E-state index contributed by atoms with van der Waals surface area (Å²) in [5.41, 5.74) is 3.71. The van der Waals surface area contributed by atoms with Crippen LogP contribution in [-0.4, -0.2) is 29.2 Å². The van der Waals surface area contributed by atoms with Crippen LogP contribution in [0.1, 0.15) is 45.9 Å². The molecule has 0 saturated heterocycles. The van der Waals surface area contributed by atoms with Crippen molar-refractivity contribution in [1.29, 1.82) is 0 Å². The summed E-state index contributed by atoms with van der Waals surface area (Å²) in [5, 5.41) is 12.8. The normalized spacial score (nSPS) is 20.5. The van der Waals surface area contributed by atoms with E-state index in [9.17, 15) is 9.90 Å². The van der Waals surface area contributed by atoms with E-state index in [1.807, 2.05) is 38.1 Å². The number of hydrogen-bond acceptors (Lipinski definition) is 4. The van der Waals surface area contributed by atoms with Crippen LogP contribution < -0.4 is 10.1 Å². The third-order valence-corrected chi connectivity index (χ3v) is 4.72. The lowest BCUT2D eigenvalue weighted by Gasteiger charge is -2.38. The van der Waals surface area contributed by atoms with Gasteiger partial charge in [-0.1, -0.05) is 23.3 Å². The molecule has 0 bridgehead atoms. The van der Waals surface area contributed by atoms with E-state index >= 15 is 0 Å². The maximum absolute atomic E-state index is 12.8. The Morgan fingerprint density at radius 3 is 2.44 bits per heavy atom. The maximum atomic E-state index is 12.8. The minimum absolute atomic E-state index is 0.103. The van der Waals surface area contributed by atoms with Gasteiger partial charge in [-0.25, -0.2) is 4.98 Å². The first-order valence-electron chi connectivity index (χ1n) is 8.53. The standard InChI is InChI=1S/C20H24N2O3/c1-12-6-13(2)8-16(7-12)20(24)22-19(15-9-17(23)10-15)14-4-5-18(25-3)21-11-14/h4-8,11,15,17,19,23H,9-10H2,1-3H3,(H,22,24)/t15?,17?,19-/m0/s1. The van der Waals surface area contributed by atoms with Gasteiger partial charge < -0.3 is 15.2 Å². The Labute approximate surface area is 148 Å². The molecule has 1 atom stereocenters. The molecule has 0 aliphatic heterocycles. The molecular weight excluding hydrogens is 316 g/mol. The number of methoxy groups -OCH3 is 1. The minimum atomic E-state index is -0.281. The summed E-state index contributed by atoms with van der Waals surface area (Å²) in [7, 11) is 1.57. The number of aliphatic hydroxyl groups is 1. The van der Waals surface area contributed by atoms with Crippen LogP contribution in [0.4, 0.5) is 0 Å². The number of aromatic nitrogens is 1. The van der Waals surface area contributed by atoms with Crippen molar-refractivity contribution in [3.8, 4) is 5.88 Å². The van der Waals surface area contributed by atoms with E-state index in [1.165, 1.54) is 0 Å². The van der Waals surface area contributed by atoms with Gasteiger partial charge in [-0.2, -0.15) is 0 Å². The molecule has 132 valence electrons. The quantitative estimate of drug-likeness (QED) is 0.878.